The minimum Gasteiger partial charge on any atom is -0.495 e. The first-order valence-corrected chi connectivity index (χ1v) is 4.91. The first kappa shape index (κ1) is 11.4. The van der Waals surface area contributed by atoms with Crippen molar-refractivity contribution >= 4 is 11.6 Å². The normalized spacial score (nSPS) is 9.47. The van der Waals surface area contributed by atoms with Gasteiger partial charge in [-0.15, -0.1) is 0 Å². The number of rotatable bonds is 5. The van der Waals surface area contributed by atoms with Gasteiger partial charge in [0.15, 0.2) is 0 Å². The van der Waals surface area contributed by atoms with Gasteiger partial charge in [0.1, 0.15) is 5.75 Å². The molecule has 0 saturated carbocycles. The Morgan fingerprint density at radius 3 is 2.80 bits per heavy atom. The lowest BCUT2D eigenvalue weighted by molar-refractivity contribution is -0.119. The maximum absolute atomic E-state index is 11.2. The topological polar surface area (TPSA) is 50.4 Å². The van der Waals surface area contributed by atoms with Crippen molar-refractivity contribution in [3.8, 4) is 5.75 Å². The molecular formula is C11H16N2O2. The monoisotopic (exact) mass is 208 g/mol. The molecule has 15 heavy (non-hydrogen) atoms. The molecule has 0 aliphatic rings. The lowest BCUT2D eigenvalue weighted by Gasteiger charge is -2.10. The van der Waals surface area contributed by atoms with Crippen LogP contribution >= 0.6 is 0 Å². The van der Waals surface area contributed by atoms with Gasteiger partial charge in [-0.25, -0.2) is 0 Å². The molecule has 0 spiro atoms. The van der Waals surface area contributed by atoms with E-state index in [2.05, 4.69) is 10.6 Å². The zero-order valence-corrected chi connectivity index (χ0v) is 9.04. The number of carbonyl (C=O) groups excluding carboxylic acids is 1. The van der Waals surface area contributed by atoms with E-state index in [1.807, 2.05) is 31.2 Å². The standard InChI is InChI=1S/C11H16N2O2/c1-3-12-11(14)8-13-9-6-4-5-7-10(9)15-2/h4-7,13H,3,8H2,1-2H3,(H,12,14). The van der Waals surface area contributed by atoms with Crippen LogP contribution in [0.3, 0.4) is 0 Å². The molecular weight excluding hydrogens is 192 g/mol. The lowest BCUT2D eigenvalue weighted by atomic mass is 10.3. The third-order valence-corrected chi connectivity index (χ3v) is 1.92. The van der Waals surface area contributed by atoms with Crippen molar-refractivity contribution in [3.05, 3.63) is 24.3 Å². The predicted octanol–water partition coefficient (Wildman–Crippen LogP) is 1.24. The van der Waals surface area contributed by atoms with Gasteiger partial charge in [0.2, 0.25) is 5.91 Å². The first-order valence-electron chi connectivity index (χ1n) is 4.91. The molecule has 0 radical (unpaired) electrons. The average molecular weight is 208 g/mol. The smallest absolute Gasteiger partial charge is 0.239 e. The van der Waals surface area contributed by atoms with Crippen molar-refractivity contribution in [2.45, 2.75) is 6.92 Å². The summed E-state index contributed by atoms with van der Waals surface area (Å²) in [6, 6.07) is 7.50. The zero-order chi connectivity index (χ0) is 11.1. The Hall–Kier alpha value is -1.71. The number of carbonyl (C=O) groups is 1. The summed E-state index contributed by atoms with van der Waals surface area (Å²) in [4.78, 5) is 11.2. The Balaban J connectivity index is 2.53. The number of para-hydroxylation sites is 2. The number of ether oxygens (including phenoxy) is 1. The van der Waals surface area contributed by atoms with Gasteiger partial charge < -0.3 is 15.4 Å². The summed E-state index contributed by atoms with van der Waals surface area (Å²) in [7, 11) is 1.60. The van der Waals surface area contributed by atoms with Crippen LogP contribution in [0.25, 0.3) is 0 Å². The number of likely N-dealkylation sites (N-methyl/N-ethyl adjacent to an activating group) is 1. The van der Waals surface area contributed by atoms with E-state index in [9.17, 15) is 4.79 Å². The SMILES string of the molecule is CCNC(=O)CNc1ccccc1OC. The summed E-state index contributed by atoms with van der Waals surface area (Å²) in [5.74, 6) is 0.713. The largest absolute Gasteiger partial charge is 0.495 e. The van der Waals surface area contributed by atoms with E-state index < -0.39 is 0 Å². The number of amides is 1. The van der Waals surface area contributed by atoms with Gasteiger partial charge in [-0.05, 0) is 19.1 Å². The molecule has 4 heteroatoms. The molecule has 0 bridgehead atoms. The highest BCUT2D eigenvalue weighted by molar-refractivity contribution is 5.81. The van der Waals surface area contributed by atoms with E-state index in [-0.39, 0.29) is 12.5 Å². The zero-order valence-electron chi connectivity index (χ0n) is 9.04. The van der Waals surface area contributed by atoms with E-state index in [1.165, 1.54) is 0 Å². The first-order chi connectivity index (χ1) is 7.27. The van der Waals surface area contributed by atoms with Crippen LogP contribution in [0, 0.1) is 0 Å². The van der Waals surface area contributed by atoms with Gasteiger partial charge in [0, 0.05) is 6.54 Å². The molecule has 0 fully saturated rings. The number of methoxy groups -OCH3 is 1. The van der Waals surface area contributed by atoms with Gasteiger partial charge in [-0.2, -0.15) is 0 Å². The minimum absolute atomic E-state index is 0.0246. The van der Waals surface area contributed by atoms with Crippen LogP contribution in [0.1, 0.15) is 6.92 Å². The fourth-order valence-corrected chi connectivity index (χ4v) is 1.23. The second kappa shape index (κ2) is 5.90. The summed E-state index contributed by atoms with van der Waals surface area (Å²) in [6.07, 6.45) is 0. The highest BCUT2D eigenvalue weighted by Gasteiger charge is 2.03. The van der Waals surface area contributed by atoms with Crippen LogP contribution in [0.4, 0.5) is 5.69 Å². The molecule has 82 valence electrons. The average Bonchev–Trinajstić information content (AvgIpc) is 2.27. The number of hydrogen-bond acceptors (Lipinski definition) is 3. The summed E-state index contributed by atoms with van der Waals surface area (Å²) >= 11 is 0. The Bertz CT molecular complexity index is 326. The Labute approximate surface area is 89.6 Å². The van der Waals surface area contributed by atoms with Gasteiger partial charge >= 0.3 is 0 Å². The number of nitrogens with one attached hydrogen (secondary N) is 2. The molecule has 0 unspecified atom stereocenters. The van der Waals surface area contributed by atoms with Crippen molar-refractivity contribution in [3.63, 3.8) is 0 Å². The quantitative estimate of drug-likeness (QED) is 0.765. The molecule has 0 aliphatic carbocycles. The lowest BCUT2D eigenvalue weighted by Crippen LogP contribution is -2.29. The Morgan fingerprint density at radius 2 is 2.13 bits per heavy atom. The fourth-order valence-electron chi connectivity index (χ4n) is 1.23. The molecule has 0 heterocycles. The number of anilines is 1. The van der Waals surface area contributed by atoms with Crippen molar-refractivity contribution in [1.29, 1.82) is 0 Å². The van der Waals surface area contributed by atoms with Crippen LogP contribution in [0.5, 0.6) is 5.75 Å². The Morgan fingerprint density at radius 1 is 1.40 bits per heavy atom. The van der Waals surface area contributed by atoms with Crippen molar-refractivity contribution in [2.75, 3.05) is 25.5 Å². The molecule has 1 rings (SSSR count). The Kier molecular flexibility index (Phi) is 4.47. The molecule has 0 aromatic heterocycles. The van der Waals surface area contributed by atoms with E-state index in [0.717, 1.165) is 11.4 Å². The van der Waals surface area contributed by atoms with Crippen LogP contribution in [-0.2, 0) is 4.79 Å². The molecule has 2 N–H and O–H groups in total. The second-order valence-electron chi connectivity index (χ2n) is 3.01. The number of benzene rings is 1. The number of hydrogen-bond donors (Lipinski definition) is 2. The van der Waals surface area contributed by atoms with E-state index in [1.54, 1.807) is 7.11 Å². The molecule has 0 saturated heterocycles. The van der Waals surface area contributed by atoms with Gasteiger partial charge in [-0.1, -0.05) is 12.1 Å². The molecule has 0 atom stereocenters. The van der Waals surface area contributed by atoms with E-state index in [0.29, 0.717) is 6.54 Å². The van der Waals surface area contributed by atoms with Gasteiger partial charge in [0.05, 0.1) is 19.3 Å². The molecule has 1 aromatic carbocycles. The minimum atomic E-state index is -0.0246. The van der Waals surface area contributed by atoms with E-state index in [4.69, 9.17) is 4.74 Å². The van der Waals surface area contributed by atoms with Crippen LogP contribution in [0.2, 0.25) is 0 Å². The molecule has 1 amide bonds. The highest BCUT2D eigenvalue weighted by Crippen LogP contribution is 2.22. The molecule has 1 aromatic rings. The summed E-state index contributed by atoms with van der Waals surface area (Å²) < 4.78 is 5.14. The molecule has 0 aliphatic heterocycles. The van der Waals surface area contributed by atoms with Crippen molar-refractivity contribution in [1.82, 2.24) is 5.32 Å². The van der Waals surface area contributed by atoms with Crippen molar-refractivity contribution < 1.29 is 9.53 Å². The second-order valence-corrected chi connectivity index (χ2v) is 3.01. The van der Waals surface area contributed by atoms with Gasteiger partial charge in [0.25, 0.3) is 0 Å². The maximum Gasteiger partial charge on any atom is 0.239 e. The molecule has 4 nitrogen and oxygen atoms in total. The predicted molar refractivity (Wildman–Crippen MR) is 60.2 cm³/mol. The maximum atomic E-state index is 11.2. The van der Waals surface area contributed by atoms with E-state index >= 15 is 0 Å². The van der Waals surface area contributed by atoms with Crippen LogP contribution in [0.15, 0.2) is 24.3 Å². The highest BCUT2D eigenvalue weighted by atomic mass is 16.5. The van der Waals surface area contributed by atoms with Gasteiger partial charge in [-0.3, -0.25) is 4.79 Å². The fraction of sp³-hybridized carbons (Fsp3) is 0.364. The van der Waals surface area contributed by atoms with Crippen LogP contribution < -0.4 is 15.4 Å². The third-order valence-electron chi connectivity index (χ3n) is 1.92. The van der Waals surface area contributed by atoms with Crippen LogP contribution in [-0.4, -0.2) is 26.1 Å². The third kappa shape index (κ3) is 3.50. The summed E-state index contributed by atoms with van der Waals surface area (Å²) in [5.41, 5.74) is 0.825. The van der Waals surface area contributed by atoms with Crippen molar-refractivity contribution in [2.24, 2.45) is 0 Å². The summed E-state index contributed by atoms with van der Waals surface area (Å²) in [6.45, 7) is 2.79. The summed E-state index contributed by atoms with van der Waals surface area (Å²) in [5, 5.41) is 5.72.